The molecule has 0 saturated carbocycles. The molecule has 0 aliphatic carbocycles. The summed E-state index contributed by atoms with van der Waals surface area (Å²) in [6.45, 7) is 0. The minimum atomic E-state index is -0.283. The highest BCUT2D eigenvalue weighted by Crippen LogP contribution is 2.36. The van der Waals surface area contributed by atoms with Crippen LogP contribution in [0.2, 0.25) is 5.02 Å². The number of aliphatic hydroxyl groups excluding tert-OH is 1. The standard InChI is InChI=1S/C13H16ClN3O2/c14-11-3-7(6-16-12(11)15)13(19)17-8-1-2-9(17)5-10(18)4-8/h3,6,8-10,18H,1-2,4-5H2,(H2,15,16). The molecule has 3 heterocycles. The number of aliphatic hydroxyl groups is 1. The summed E-state index contributed by atoms with van der Waals surface area (Å²) < 4.78 is 0. The number of aromatic nitrogens is 1. The zero-order chi connectivity index (χ0) is 13.6. The van der Waals surface area contributed by atoms with Crippen molar-refractivity contribution in [2.24, 2.45) is 0 Å². The summed E-state index contributed by atoms with van der Waals surface area (Å²) in [4.78, 5) is 18.3. The largest absolute Gasteiger partial charge is 0.393 e. The van der Waals surface area contributed by atoms with Gasteiger partial charge in [0.15, 0.2) is 0 Å². The molecule has 1 amide bonds. The van der Waals surface area contributed by atoms with E-state index < -0.39 is 0 Å². The number of nitrogens with zero attached hydrogens (tertiary/aromatic N) is 2. The lowest BCUT2D eigenvalue weighted by atomic mass is 9.99. The first-order chi connectivity index (χ1) is 9.06. The number of piperidine rings is 1. The van der Waals surface area contributed by atoms with E-state index in [2.05, 4.69) is 4.98 Å². The third kappa shape index (κ3) is 2.17. The lowest BCUT2D eigenvalue weighted by molar-refractivity contribution is 0.0286. The summed E-state index contributed by atoms with van der Waals surface area (Å²) in [6, 6.07) is 1.84. The van der Waals surface area contributed by atoms with Gasteiger partial charge in [0.25, 0.3) is 5.91 Å². The second-order valence-electron chi connectivity index (χ2n) is 5.31. The van der Waals surface area contributed by atoms with Crippen LogP contribution in [0.5, 0.6) is 0 Å². The Kier molecular flexibility index (Phi) is 3.11. The summed E-state index contributed by atoms with van der Waals surface area (Å²) in [5, 5.41) is 10.1. The lowest BCUT2D eigenvalue weighted by Crippen LogP contribution is -2.48. The van der Waals surface area contributed by atoms with Crippen LogP contribution in [0.1, 0.15) is 36.0 Å². The van der Waals surface area contributed by atoms with E-state index in [1.807, 2.05) is 4.90 Å². The third-order valence-electron chi connectivity index (χ3n) is 4.06. The Balaban J connectivity index is 1.86. The molecular weight excluding hydrogens is 266 g/mol. The Morgan fingerprint density at radius 2 is 2.05 bits per heavy atom. The van der Waals surface area contributed by atoms with Crippen molar-refractivity contribution in [1.82, 2.24) is 9.88 Å². The monoisotopic (exact) mass is 281 g/mol. The molecule has 3 rings (SSSR count). The number of pyridine rings is 1. The smallest absolute Gasteiger partial charge is 0.255 e. The normalized spacial score (nSPS) is 29.6. The predicted molar refractivity (Wildman–Crippen MR) is 71.9 cm³/mol. The van der Waals surface area contributed by atoms with Crippen LogP contribution in [-0.4, -0.2) is 39.1 Å². The molecule has 0 spiro atoms. The van der Waals surface area contributed by atoms with Gasteiger partial charge in [0.2, 0.25) is 0 Å². The fourth-order valence-electron chi connectivity index (χ4n) is 3.19. The van der Waals surface area contributed by atoms with E-state index in [0.717, 1.165) is 12.8 Å². The number of hydrogen-bond acceptors (Lipinski definition) is 4. The number of carbonyl (C=O) groups is 1. The van der Waals surface area contributed by atoms with Crippen molar-refractivity contribution in [3.63, 3.8) is 0 Å². The lowest BCUT2D eigenvalue weighted by Gasteiger charge is -2.37. The number of nitrogens with two attached hydrogens (primary N) is 1. The van der Waals surface area contributed by atoms with E-state index >= 15 is 0 Å². The van der Waals surface area contributed by atoms with Gasteiger partial charge >= 0.3 is 0 Å². The summed E-state index contributed by atoms with van der Waals surface area (Å²) in [5.41, 5.74) is 6.02. The minimum absolute atomic E-state index is 0.0613. The van der Waals surface area contributed by atoms with E-state index in [4.69, 9.17) is 17.3 Å². The highest BCUT2D eigenvalue weighted by Gasteiger charge is 2.43. The van der Waals surface area contributed by atoms with Gasteiger partial charge in [0, 0.05) is 18.3 Å². The topological polar surface area (TPSA) is 79.5 Å². The number of carbonyl (C=O) groups excluding carboxylic acids is 1. The van der Waals surface area contributed by atoms with Crippen molar-refractivity contribution in [3.05, 3.63) is 22.8 Å². The van der Waals surface area contributed by atoms with Crippen LogP contribution < -0.4 is 5.73 Å². The van der Waals surface area contributed by atoms with Crippen molar-refractivity contribution < 1.29 is 9.90 Å². The molecule has 2 fully saturated rings. The van der Waals surface area contributed by atoms with Crippen molar-refractivity contribution in [1.29, 1.82) is 0 Å². The summed E-state index contributed by atoms with van der Waals surface area (Å²) in [5.74, 6) is 0.170. The van der Waals surface area contributed by atoms with Crippen molar-refractivity contribution in [3.8, 4) is 0 Å². The minimum Gasteiger partial charge on any atom is -0.393 e. The van der Waals surface area contributed by atoms with Gasteiger partial charge in [-0.05, 0) is 31.7 Å². The molecular formula is C13H16ClN3O2. The molecule has 2 aliphatic rings. The Bertz CT molecular complexity index is 509. The first-order valence-electron chi connectivity index (χ1n) is 6.48. The quantitative estimate of drug-likeness (QED) is 0.816. The zero-order valence-electron chi connectivity index (χ0n) is 10.4. The molecule has 1 aromatic heterocycles. The third-order valence-corrected chi connectivity index (χ3v) is 4.36. The van der Waals surface area contributed by atoms with Crippen LogP contribution in [0.3, 0.4) is 0 Å². The zero-order valence-corrected chi connectivity index (χ0v) is 11.2. The summed E-state index contributed by atoms with van der Waals surface area (Å²) in [6.07, 6.45) is 4.44. The van der Waals surface area contributed by atoms with Crippen LogP contribution >= 0.6 is 11.6 Å². The SMILES string of the molecule is Nc1ncc(C(=O)N2C3CCC2CC(O)C3)cc1Cl. The molecule has 102 valence electrons. The maximum Gasteiger partial charge on any atom is 0.255 e. The van der Waals surface area contributed by atoms with Crippen LogP contribution in [0.15, 0.2) is 12.3 Å². The number of rotatable bonds is 1. The molecule has 2 aliphatic heterocycles. The molecule has 2 unspecified atom stereocenters. The molecule has 1 aromatic rings. The van der Waals surface area contributed by atoms with Gasteiger partial charge in [0.1, 0.15) is 5.82 Å². The fourth-order valence-corrected chi connectivity index (χ4v) is 3.36. The molecule has 19 heavy (non-hydrogen) atoms. The molecule has 6 heteroatoms. The average molecular weight is 282 g/mol. The number of amides is 1. The van der Waals surface area contributed by atoms with Gasteiger partial charge in [0.05, 0.1) is 16.7 Å². The molecule has 0 radical (unpaired) electrons. The first kappa shape index (κ1) is 12.7. The van der Waals surface area contributed by atoms with Gasteiger partial charge in [-0.15, -0.1) is 0 Å². The molecule has 3 N–H and O–H groups in total. The fraction of sp³-hybridized carbons (Fsp3) is 0.538. The predicted octanol–water partition coefficient (Wildman–Crippen LogP) is 1.45. The number of anilines is 1. The van der Waals surface area contributed by atoms with Crippen LogP contribution in [0, 0.1) is 0 Å². The van der Waals surface area contributed by atoms with Gasteiger partial charge in [-0.3, -0.25) is 4.79 Å². The first-order valence-corrected chi connectivity index (χ1v) is 6.86. The molecule has 0 aromatic carbocycles. The van der Waals surface area contributed by atoms with Crippen molar-refractivity contribution >= 4 is 23.3 Å². The highest BCUT2D eigenvalue weighted by atomic mass is 35.5. The van der Waals surface area contributed by atoms with Crippen molar-refractivity contribution in [2.75, 3.05) is 5.73 Å². The summed E-state index contributed by atoms with van der Waals surface area (Å²) >= 11 is 5.91. The van der Waals surface area contributed by atoms with Crippen LogP contribution in [-0.2, 0) is 0 Å². The van der Waals surface area contributed by atoms with Crippen LogP contribution in [0.4, 0.5) is 5.82 Å². The maximum absolute atomic E-state index is 12.5. The van der Waals surface area contributed by atoms with Gasteiger partial charge in [-0.1, -0.05) is 11.6 Å². The number of fused-ring (bicyclic) bond motifs is 2. The Morgan fingerprint density at radius 1 is 1.42 bits per heavy atom. The number of hydrogen-bond donors (Lipinski definition) is 2. The molecule has 2 saturated heterocycles. The van der Waals surface area contributed by atoms with E-state index in [1.54, 1.807) is 6.07 Å². The van der Waals surface area contributed by atoms with E-state index in [9.17, 15) is 9.90 Å². The number of halogens is 1. The van der Waals surface area contributed by atoms with Gasteiger partial charge < -0.3 is 15.7 Å². The van der Waals surface area contributed by atoms with Crippen molar-refractivity contribution in [2.45, 2.75) is 43.9 Å². The number of nitrogen functional groups attached to an aromatic ring is 1. The average Bonchev–Trinajstić information content (AvgIpc) is 2.64. The van der Waals surface area contributed by atoms with E-state index in [0.29, 0.717) is 23.4 Å². The maximum atomic E-state index is 12.5. The van der Waals surface area contributed by atoms with E-state index in [-0.39, 0.29) is 29.9 Å². The second kappa shape index (κ2) is 4.65. The Morgan fingerprint density at radius 3 is 2.63 bits per heavy atom. The molecule has 5 nitrogen and oxygen atoms in total. The van der Waals surface area contributed by atoms with Gasteiger partial charge in [-0.25, -0.2) is 4.98 Å². The van der Waals surface area contributed by atoms with Gasteiger partial charge in [-0.2, -0.15) is 0 Å². The second-order valence-corrected chi connectivity index (χ2v) is 5.72. The molecule has 2 atom stereocenters. The Hall–Kier alpha value is -1.33. The summed E-state index contributed by atoms with van der Waals surface area (Å²) in [7, 11) is 0. The highest BCUT2D eigenvalue weighted by molar-refractivity contribution is 6.33. The van der Waals surface area contributed by atoms with E-state index in [1.165, 1.54) is 6.20 Å². The Labute approximate surface area is 116 Å². The van der Waals surface area contributed by atoms with Crippen LogP contribution in [0.25, 0.3) is 0 Å². The molecule has 2 bridgehead atoms.